The molecule has 0 saturated carbocycles. The molecule has 0 fully saturated rings. The summed E-state index contributed by atoms with van der Waals surface area (Å²) in [6.07, 6.45) is 0.299. The van der Waals surface area contributed by atoms with Crippen molar-refractivity contribution in [2.75, 3.05) is 0 Å². The first-order valence-electron chi connectivity index (χ1n) is 5.28. The monoisotopic (exact) mass is 222 g/mol. The lowest BCUT2D eigenvalue weighted by atomic mass is 10.1. The number of carbonyl (C=O) groups is 1. The van der Waals surface area contributed by atoms with Crippen molar-refractivity contribution in [2.24, 2.45) is 0 Å². The molecule has 2 rings (SSSR count). The average molecular weight is 222 g/mol. The van der Waals surface area contributed by atoms with Crippen molar-refractivity contribution in [2.45, 2.75) is 32.0 Å². The van der Waals surface area contributed by atoms with Crippen molar-refractivity contribution >= 4 is 5.97 Å². The molecule has 4 nitrogen and oxygen atoms in total. The van der Waals surface area contributed by atoms with Crippen LogP contribution in [0.1, 0.15) is 30.6 Å². The molecule has 1 aromatic rings. The number of rotatable bonds is 3. The van der Waals surface area contributed by atoms with Gasteiger partial charge in [-0.05, 0) is 43.0 Å². The van der Waals surface area contributed by atoms with Gasteiger partial charge in [0.05, 0.1) is 6.10 Å². The fourth-order valence-corrected chi connectivity index (χ4v) is 1.90. The summed E-state index contributed by atoms with van der Waals surface area (Å²) in [5, 5.41) is 18.3. The Labute approximate surface area is 93.5 Å². The summed E-state index contributed by atoms with van der Waals surface area (Å²) in [7, 11) is 0. The lowest BCUT2D eigenvalue weighted by molar-refractivity contribution is -0.144. The summed E-state index contributed by atoms with van der Waals surface area (Å²) < 4.78 is 5.26. The second-order valence-electron chi connectivity index (χ2n) is 4.01. The lowest BCUT2D eigenvalue weighted by Crippen LogP contribution is -2.22. The van der Waals surface area contributed by atoms with Crippen molar-refractivity contribution in [1.82, 2.24) is 0 Å². The molecule has 1 aliphatic rings. The van der Waals surface area contributed by atoms with Crippen LogP contribution in [0.5, 0.6) is 5.75 Å². The molecule has 1 aromatic carbocycles. The highest BCUT2D eigenvalue weighted by atomic mass is 16.5. The molecule has 2 N–H and O–H groups in total. The number of aliphatic hydroxyl groups is 1. The molecule has 4 heteroatoms. The number of benzene rings is 1. The number of fused-ring (bicyclic) bond motifs is 1. The van der Waals surface area contributed by atoms with E-state index in [9.17, 15) is 9.90 Å². The van der Waals surface area contributed by atoms with E-state index in [0.29, 0.717) is 5.75 Å². The average Bonchev–Trinajstić information content (AvgIpc) is 2.60. The highest BCUT2D eigenvalue weighted by molar-refractivity contribution is 5.72. The minimum absolute atomic E-state index is 0.388. The summed E-state index contributed by atoms with van der Waals surface area (Å²) in [6.45, 7) is 1.49. The fraction of sp³-hybridized carbons (Fsp3) is 0.417. The highest BCUT2D eigenvalue weighted by Crippen LogP contribution is 2.33. The van der Waals surface area contributed by atoms with Gasteiger partial charge in [-0.2, -0.15) is 0 Å². The second-order valence-corrected chi connectivity index (χ2v) is 4.01. The zero-order valence-electron chi connectivity index (χ0n) is 9.01. The van der Waals surface area contributed by atoms with E-state index in [1.807, 2.05) is 6.07 Å². The van der Waals surface area contributed by atoms with E-state index in [2.05, 4.69) is 0 Å². The van der Waals surface area contributed by atoms with Crippen LogP contribution in [-0.2, 0) is 11.2 Å². The van der Waals surface area contributed by atoms with Gasteiger partial charge in [0.2, 0.25) is 0 Å². The number of aliphatic carboxylic acids is 1. The third-order valence-electron chi connectivity index (χ3n) is 2.82. The predicted octanol–water partition coefficient (Wildman–Crippen LogP) is 1.52. The first kappa shape index (κ1) is 11.0. The van der Waals surface area contributed by atoms with Gasteiger partial charge in [-0.15, -0.1) is 0 Å². The molecular weight excluding hydrogens is 208 g/mol. The maximum absolute atomic E-state index is 10.6. The van der Waals surface area contributed by atoms with E-state index in [1.165, 1.54) is 6.92 Å². The zero-order chi connectivity index (χ0) is 11.7. The van der Waals surface area contributed by atoms with Gasteiger partial charge in [-0.1, -0.05) is 6.07 Å². The Balaban J connectivity index is 2.16. The van der Waals surface area contributed by atoms with E-state index in [-0.39, 0.29) is 6.10 Å². The normalized spacial score (nSPS) is 20.2. The Hall–Kier alpha value is -1.55. The molecule has 0 heterocycles. The summed E-state index contributed by atoms with van der Waals surface area (Å²) in [6, 6.07) is 5.31. The first-order valence-corrected chi connectivity index (χ1v) is 5.28. The maximum Gasteiger partial charge on any atom is 0.344 e. The number of carboxylic acids is 1. The maximum atomic E-state index is 10.6. The minimum Gasteiger partial charge on any atom is -0.479 e. The van der Waals surface area contributed by atoms with Crippen molar-refractivity contribution in [1.29, 1.82) is 0 Å². The van der Waals surface area contributed by atoms with Gasteiger partial charge in [0, 0.05) is 0 Å². The van der Waals surface area contributed by atoms with Crippen LogP contribution in [0.15, 0.2) is 18.2 Å². The van der Waals surface area contributed by atoms with Crippen LogP contribution < -0.4 is 4.74 Å². The van der Waals surface area contributed by atoms with Gasteiger partial charge in [-0.3, -0.25) is 0 Å². The Morgan fingerprint density at radius 2 is 2.31 bits per heavy atom. The molecular formula is C12H14O4. The Morgan fingerprint density at radius 1 is 1.56 bits per heavy atom. The van der Waals surface area contributed by atoms with Gasteiger partial charge in [0.1, 0.15) is 5.75 Å². The van der Waals surface area contributed by atoms with Gasteiger partial charge < -0.3 is 14.9 Å². The predicted molar refractivity (Wildman–Crippen MR) is 57.4 cm³/mol. The van der Waals surface area contributed by atoms with E-state index < -0.39 is 12.1 Å². The van der Waals surface area contributed by atoms with Crippen molar-refractivity contribution in [3.63, 3.8) is 0 Å². The van der Waals surface area contributed by atoms with E-state index in [4.69, 9.17) is 9.84 Å². The Kier molecular flexibility index (Phi) is 2.83. The molecule has 86 valence electrons. The second kappa shape index (κ2) is 4.14. The number of aliphatic hydroxyl groups excluding tert-OH is 1. The van der Waals surface area contributed by atoms with Crippen LogP contribution in [0.4, 0.5) is 0 Å². The number of hydrogen-bond donors (Lipinski definition) is 2. The third kappa shape index (κ3) is 2.02. The van der Waals surface area contributed by atoms with Gasteiger partial charge in [0.15, 0.2) is 6.10 Å². The van der Waals surface area contributed by atoms with Gasteiger partial charge >= 0.3 is 5.97 Å². The fourth-order valence-electron chi connectivity index (χ4n) is 1.90. The molecule has 0 spiro atoms. The highest BCUT2D eigenvalue weighted by Gasteiger charge is 2.21. The van der Waals surface area contributed by atoms with Gasteiger partial charge in [0.25, 0.3) is 0 Å². The molecule has 0 radical (unpaired) electrons. The van der Waals surface area contributed by atoms with E-state index in [1.54, 1.807) is 12.1 Å². The summed E-state index contributed by atoms with van der Waals surface area (Å²) in [5.41, 5.74) is 1.97. The Morgan fingerprint density at radius 3 is 3.00 bits per heavy atom. The smallest absolute Gasteiger partial charge is 0.344 e. The number of hydrogen-bond acceptors (Lipinski definition) is 3. The van der Waals surface area contributed by atoms with Crippen molar-refractivity contribution in [3.8, 4) is 5.75 Å². The topological polar surface area (TPSA) is 66.8 Å². The quantitative estimate of drug-likeness (QED) is 0.813. The molecule has 0 aliphatic heterocycles. The molecule has 0 amide bonds. The largest absolute Gasteiger partial charge is 0.479 e. The standard InChI is InChI=1S/C12H14O4/c1-7(12(14)15)16-9-3-4-10-8(6-9)2-5-11(10)13/h3-4,6-7,11,13H,2,5H2,1H3,(H,14,15)/t7?,11-/m1/s1. The number of ether oxygens (including phenoxy) is 1. The Bertz CT molecular complexity index is 413. The van der Waals surface area contributed by atoms with Crippen LogP contribution in [0.3, 0.4) is 0 Å². The van der Waals surface area contributed by atoms with E-state index in [0.717, 1.165) is 24.0 Å². The van der Waals surface area contributed by atoms with E-state index >= 15 is 0 Å². The molecule has 0 saturated heterocycles. The molecule has 2 atom stereocenters. The minimum atomic E-state index is -0.986. The third-order valence-corrected chi connectivity index (χ3v) is 2.82. The van der Waals surface area contributed by atoms with Crippen molar-refractivity contribution in [3.05, 3.63) is 29.3 Å². The van der Waals surface area contributed by atoms with Crippen LogP contribution in [0, 0.1) is 0 Å². The number of carboxylic acid groups (broad SMARTS) is 1. The SMILES string of the molecule is CC(Oc1ccc2c(c1)CC[C@H]2O)C(=O)O. The summed E-state index contributed by atoms with van der Waals surface area (Å²) >= 11 is 0. The van der Waals surface area contributed by atoms with Crippen LogP contribution in [-0.4, -0.2) is 22.3 Å². The first-order chi connectivity index (χ1) is 7.58. The van der Waals surface area contributed by atoms with Crippen LogP contribution in [0.2, 0.25) is 0 Å². The van der Waals surface area contributed by atoms with Gasteiger partial charge in [-0.25, -0.2) is 4.79 Å². The molecule has 0 aromatic heterocycles. The van der Waals surface area contributed by atoms with Crippen LogP contribution in [0.25, 0.3) is 0 Å². The summed E-state index contributed by atoms with van der Waals surface area (Å²) in [4.78, 5) is 10.6. The molecule has 1 aliphatic carbocycles. The molecule has 0 bridgehead atoms. The van der Waals surface area contributed by atoms with Crippen molar-refractivity contribution < 1.29 is 19.7 Å². The lowest BCUT2D eigenvalue weighted by Gasteiger charge is -2.11. The molecule has 16 heavy (non-hydrogen) atoms. The summed E-state index contributed by atoms with van der Waals surface area (Å²) in [5.74, 6) is -0.441. The van der Waals surface area contributed by atoms with Crippen LogP contribution >= 0.6 is 0 Å². The number of aryl methyl sites for hydroxylation is 1. The zero-order valence-corrected chi connectivity index (χ0v) is 9.01. The molecule has 1 unspecified atom stereocenters.